The summed E-state index contributed by atoms with van der Waals surface area (Å²) >= 11 is 0. The van der Waals surface area contributed by atoms with Crippen LogP contribution in [0.2, 0.25) is 0 Å². The molecule has 1 aliphatic heterocycles. The molecule has 3 aromatic heterocycles. The highest BCUT2D eigenvalue weighted by Gasteiger charge is 2.33. The Kier molecular flexibility index (Phi) is 6.84. The van der Waals surface area contributed by atoms with E-state index in [9.17, 15) is 5.11 Å². The lowest BCUT2D eigenvalue weighted by Gasteiger charge is -2.32. The number of imidazole rings is 1. The fourth-order valence-corrected chi connectivity index (χ4v) is 5.70. The average Bonchev–Trinajstić information content (AvgIpc) is 3.69. The number of benzene rings is 1. The summed E-state index contributed by atoms with van der Waals surface area (Å²) in [5, 5.41) is 19.1. The highest BCUT2D eigenvalue weighted by atomic mass is 16.5. The molecule has 0 amide bonds. The van der Waals surface area contributed by atoms with Crippen molar-refractivity contribution in [1.82, 2.24) is 29.3 Å². The summed E-state index contributed by atoms with van der Waals surface area (Å²) < 4.78 is 20.3. The second-order valence-corrected chi connectivity index (χ2v) is 10.3. The fourth-order valence-electron chi connectivity index (χ4n) is 5.70. The number of aliphatic hydroxyl groups excluding tert-OH is 1. The number of ether oxygens (including phenoxy) is 3. The number of hydrogen-bond donors (Lipinski definition) is 3. The van der Waals surface area contributed by atoms with Crippen molar-refractivity contribution < 1.29 is 19.3 Å². The van der Waals surface area contributed by atoms with Crippen molar-refractivity contribution >= 4 is 28.6 Å². The number of methoxy groups -OCH3 is 3. The molecule has 4 heterocycles. The molecule has 0 spiro atoms. The highest BCUT2D eigenvalue weighted by molar-refractivity contribution is 5.91. The van der Waals surface area contributed by atoms with Crippen LogP contribution in [0.25, 0.3) is 16.7 Å². The average molecular weight is 550 g/mol. The van der Waals surface area contributed by atoms with E-state index in [1.54, 1.807) is 27.7 Å². The third-order valence-corrected chi connectivity index (χ3v) is 7.83. The molecule has 0 radical (unpaired) electrons. The zero-order valence-electron chi connectivity index (χ0n) is 23.2. The van der Waals surface area contributed by atoms with Crippen LogP contribution in [0, 0.1) is 6.92 Å². The molecule has 1 saturated carbocycles. The highest BCUT2D eigenvalue weighted by Crippen LogP contribution is 2.40. The van der Waals surface area contributed by atoms with Crippen LogP contribution in [0.4, 0.5) is 17.6 Å². The van der Waals surface area contributed by atoms with Gasteiger partial charge in [0.1, 0.15) is 12.1 Å². The summed E-state index contributed by atoms with van der Waals surface area (Å²) in [6.07, 6.45) is 7.15. The summed E-state index contributed by atoms with van der Waals surface area (Å²) in [4.78, 5) is 16.6. The third-order valence-electron chi connectivity index (χ3n) is 7.83. The first-order valence-corrected chi connectivity index (χ1v) is 13.4. The number of hydrogen-bond acceptors (Lipinski definition) is 11. The quantitative estimate of drug-likeness (QED) is 0.283. The Morgan fingerprint density at radius 2 is 1.85 bits per heavy atom. The molecule has 13 nitrogen and oxygen atoms in total. The van der Waals surface area contributed by atoms with Crippen molar-refractivity contribution in [3.8, 4) is 22.9 Å². The maximum atomic E-state index is 10.1. The van der Waals surface area contributed by atoms with Crippen molar-refractivity contribution in [3.05, 3.63) is 30.4 Å². The Labute approximate surface area is 231 Å². The van der Waals surface area contributed by atoms with Crippen LogP contribution in [-0.4, -0.2) is 81.0 Å². The second kappa shape index (κ2) is 10.5. The molecule has 13 heteroatoms. The lowest BCUT2D eigenvalue weighted by Crippen LogP contribution is -2.38. The van der Waals surface area contributed by atoms with Crippen molar-refractivity contribution in [1.29, 1.82) is 0 Å². The lowest BCUT2D eigenvalue weighted by molar-refractivity contribution is 0.252. The van der Waals surface area contributed by atoms with Gasteiger partial charge in [-0.05, 0) is 32.6 Å². The van der Waals surface area contributed by atoms with E-state index in [0.717, 1.165) is 60.5 Å². The van der Waals surface area contributed by atoms with Crippen LogP contribution >= 0.6 is 0 Å². The van der Waals surface area contributed by atoms with E-state index in [1.807, 2.05) is 34.5 Å². The summed E-state index contributed by atoms with van der Waals surface area (Å²) in [7, 11) is 4.74. The molecule has 2 fully saturated rings. The normalized spacial score (nSPS) is 20.6. The van der Waals surface area contributed by atoms with Crippen LogP contribution in [0.15, 0.2) is 24.7 Å². The van der Waals surface area contributed by atoms with E-state index < -0.39 is 0 Å². The molecule has 4 aromatic rings. The number of aliphatic hydroxyl groups is 1. The number of nitrogens with two attached hydrogens (primary N) is 1. The van der Waals surface area contributed by atoms with Crippen molar-refractivity contribution in [2.45, 2.75) is 50.7 Å². The molecule has 1 saturated heterocycles. The van der Waals surface area contributed by atoms with Gasteiger partial charge in [0.15, 0.2) is 23.0 Å². The first-order chi connectivity index (χ1) is 19.4. The summed E-state index contributed by atoms with van der Waals surface area (Å²) in [6.45, 7) is 2.87. The van der Waals surface area contributed by atoms with Crippen LogP contribution in [0.5, 0.6) is 17.2 Å². The van der Waals surface area contributed by atoms with Crippen LogP contribution < -0.4 is 30.2 Å². The van der Waals surface area contributed by atoms with Crippen molar-refractivity contribution in [3.63, 3.8) is 0 Å². The van der Waals surface area contributed by atoms with Crippen LogP contribution in [0.1, 0.15) is 37.4 Å². The van der Waals surface area contributed by atoms with Gasteiger partial charge in [0.2, 0.25) is 11.7 Å². The van der Waals surface area contributed by atoms with Crippen molar-refractivity contribution in [2.24, 2.45) is 5.73 Å². The molecule has 4 N–H and O–H groups in total. The molecular weight excluding hydrogens is 514 g/mol. The first-order valence-electron chi connectivity index (χ1n) is 13.4. The third kappa shape index (κ3) is 4.44. The zero-order chi connectivity index (χ0) is 28.0. The minimum atomic E-state index is 0.00469. The Hall–Kier alpha value is -4.10. The van der Waals surface area contributed by atoms with E-state index in [-0.39, 0.29) is 24.7 Å². The lowest BCUT2D eigenvalue weighted by atomic mass is 9.88. The van der Waals surface area contributed by atoms with Gasteiger partial charge in [-0.2, -0.15) is 15.1 Å². The van der Waals surface area contributed by atoms with Crippen LogP contribution in [0.3, 0.4) is 0 Å². The van der Waals surface area contributed by atoms with Gasteiger partial charge in [-0.25, -0.2) is 9.67 Å². The Morgan fingerprint density at radius 3 is 2.50 bits per heavy atom. The summed E-state index contributed by atoms with van der Waals surface area (Å²) in [5.41, 5.74) is 8.51. The zero-order valence-corrected chi connectivity index (χ0v) is 23.2. The summed E-state index contributed by atoms with van der Waals surface area (Å²) in [5.74, 6) is 3.35. The van der Waals surface area contributed by atoms with E-state index in [4.69, 9.17) is 35.0 Å². The molecule has 2 aliphatic rings. The molecule has 1 aliphatic carbocycles. The predicted octanol–water partition coefficient (Wildman–Crippen LogP) is 2.71. The first kappa shape index (κ1) is 26.1. The van der Waals surface area contributed by atoms with Gasteiger partial charge in [0.25, 0.3) is 0 Å². The van der Waals surface area contributed by atoms with E-state index in [1.165, 1.54) is 0 Å². The minimum absolute atomic E-state index is 0.00469. The minimum Gasteiger partial charge on any atom is -0.493 e. The monoisotopic (exact) mass is 549 g/mol. The van der Waals surface area contributed by atoms with E-state index in [0.29, 0.717) is 29.0 Å². The number of nitrogens with one attached hydrogen (secondary N) is 1. The fraction of sp³-hybridized carbons (Fsp3) is 0.481. The summed E-state index contributed by atoms with van der Waals surface area (Å²) in [6, 6.07) is 4.08. The maximum Gasteiger partial charge on any atom is 0.232 e. The van der Waals surface area contributed by atoms with Gasteiger partial charge in [0.05, 0.1) is 63.0 Å². The molecular formula is C27H35N9O4. The van der Waals surface area contributed by atoms with Crippen molar-refractivity contribution in [2.75, 3.05) is 44.7 Å². The smallest absolute Gasteiger partial charge is 0.232 e. The van der Waals surface area contributed by atoms with E-state index in [2.05, 4.69) is 15.2 Å². The topological polar surface area (TPSA) is 151 Å². The molecule has 1 aromatic carbocycles. The largest absolute Gasteiger partial charge is 0.493 e. The molecule has 0 bridgehead atoms. The van der Waals surface area contributed by atoms with Gasteiger partial charge in [0, 0.05) is 24.7 Å². The molecule has 1 atom stereocenters. The van der Waals surface area contributed by atoms with Gasteiger partial charge in [-0.3, -0.25) is 0 Å². The van der Waals surface area contributed by atoms with Crippen LogP contribution in [-0.2, 0) is 0 Å². The second-order valence-electron chi connectivity index (χ2n) is 10.3. The maximum absolute atomic E-state index is 10.1. The number of fused-ring (bicyclic) bond motifs is 1. The Bertz CT molecular complexity index is 1500. The van der Waals surface area contributed by atoms with E-state index >= 15 is 0 Å². The number of aromatic nitrogens is 6. The standard InChI is InChI=1S/C27H35N9O4/c1-15-23-25(35-7-5-6-17(35)13-37)31-27(32-26(23)36(33-15)19-8-16(28)9-19)30-22-12-34(14-29-22)18-10-20(38-2)24(40-4)21(11-18)39-3/h10-12,14,16-17,19,37H,5-9,13,28H2,1-4H3,(H,30,31,32). The number of anilines is 3. The number of aryl methyl sites for hydroxylation is 1. The number of nitrogens with zero attached hydrogens (tertiary/aromatic N) is 7. The van der Waals surface area contributed by atoms with Gasteiger partial charge in [-0.1, -0.05) is 0 Å². The molecule has 212 valence electrons. The Balaban J connectivity index is 1.38. The Morgan fingerprint density at radius 1 is 1.10 bits per heavy atom. The van der Waals surface area contributed by atoms with Gasteiger partial charge >= 0.3 is 0 Å². The number of rotatable bonds is 9. The van der Waals surface area contributed by atoms with Gasteiger partial charge in [-0.15, -0.1) is 0 Å². The predicted molar refractivity (Wildman–Crippen MR) is 150 cm³/mol. The molecule has 40 heavy (non-hydrogen) atoms. The molecule has 1 unspecified atom stereocenters. The molecule has 6 rings (SSSR count). The SMILES string of the molecule is COc1cc(-n2cnc(Nc3nc(N4CCCC4CO)c4c(C)nn(C5CC(N)C5)c4n3)c2)cc(OC)c1OC. The van der Waals surface area contributed by atoms with Gasteiger partial charge < -0.3 is 39.8 Å².